The number of alkyl halides is 5. The van der Waals surface area contributed by atoms with Gasteiger partial charge in [0.15, 0.2) is 11.6 Å². The maximum absolute atomic E-state index is 13.7. The van der Waals surface area contributed by atoms with Crippen molar-refractivity contribution in [3.63, 3.8) is 0 Å². The van der Waals surface area contributed by atoms with Crippen LogP contribution in [0.1, 0.15) is 57.3 Å². The normalized spacial score (nSPS) is 15.2. The van der Waals surface area contributed by atoms with E-state index in [9.17, 15) is 26.7 Å². The number of halogens is 5. The van der Waals surface area contributed by atoms with Crippen molar-refractivity contribution in [2.45, 2.75) is 58.7 Å². The van der Waals surface area contributed by atoms with Crippen LogP contribution in [0.3, 0.4) is 0 Å². The molecule has 0 aliphatic carbocycles. The largest absolute Gasteiger partial charge is 0.416 e. The predicted octanol–water partition coefficient (Wildman–Crippen LogP) is 6.87. The molecular weight excluding hydrogens is 567 g/mol. The van der Waals surface area contributed by atoms with Gasteiger partial charge in [0.25, 0.3) is 5.92 Å². The second-order valence-corrected chi connectivity index (χ2v) is 10.9. The number of hydrogen-bond donors (Lipinski definition) is 1. The molecule has 1 aliphatic rings. The Kier molecular flexibility index (Phi) is 8.33. The van der Waals surface area contributed by atoms with Gasteiger partial charge < -0.3 is 5.32 Å². The average Bonchev–Trinajstić information content (AvgIpc) is 3.49. The average molecular weight is 599 g/mol. The van der Waals surface area contributed by atoms with E-state index in [1.54, 1.807) is 16.8 Å². The maximum atomic E-state index is 13.7. The number of aryl methyl sites for hydroxylation is 3. The fourth-order valence-corrected chi connectivity index (χ4v) is 5.11. The highest BCUT2D eigenvalue weighted by Crippen LogP contribution is 2.33. The SMILES string of the molecule is CCc1cc(-n2nc(C)cc2Nc2cc(CC(=O)c3cc(CN4CCC(F)(F)C4)cc(C(F)(F)F)c3)ccc2C)ncn1. The van der Waals surface area contributed by atoms with Crippen LogP contribution < -0.4 is 5.32 Å². The van der Waals surface area contributed by atoms with Crippen LogP contribution in [0.25, 0.3) is 5.82 Å². The molecule has 1 saturated heterocycles. The summed E-state index contributed by atoms with van der Waals surface area (Å²) >= 11 is 0. The lowest BCUT2D eigenvalue weighted by Crippen LogP contribution is -2.25. The van der Waals surface area contributed by atoms with E-state index in [1.807, 2.05) is 39.0 Å². The van der Waals surface area contributed by atoms with Crippen molar-refractivity contribution in [1.82, 2.24) is 24.6 Å². The number of ketones is 1. The number of anilines is 2. The summed E-state index contributed by atoms with van der Waals surface area (Å²) in [6.07, 6.45) is -2.98. The molecule has 0 bridgehead atoms. The molecule has 0 atom stereocenters. The molecule has 5 rings (SSSR count). The van der Waals surface area contributed by atoms with Gasteiger partial charge >= 0.3 is 6.18 Å². The Hall–Kier alpha value is -4.19. The Balaban J connectivity index is 1.39. The molecule has 0 saturated carbocycles. The third kappa shape index (κ3) is 7.24. The van der Waals surface area contributed by atoms with Crippen molar-refractivity contribution >= 4 is 17.3 Å². The first-order valence-corrected chi connectivity index (χ1v) is 13.9. The van der Waals surface area contributed by atoms with E-state index in [-0.39, 0.29) is 37.1 Å². The van der Waals surface area contributed by atoms with Crippen LogP contribution >= 0.6 is 0 Å². The third-order valence-corrected chi connectivity index (χ3v) is 7.35. The van der Waals surface area contributed by atoms with Crippen molar-refractivity contribution < 1.29 is 26.7 Å². The lowest BCUT2D eigenvalue weighted by molar-refractivity contribution is -0.137. The minimum atomic E-state index is -4.69. The number of benzene rings is 2. The highest BCUT2D eigenvalue weighted by Gasteiger charge is 2.38. The summed E-state index contributed by atoms with van der Waals surface area (Å²) in [6, 6.07) is 12.2. The van der Waals surface area contributed by atoms with E-state index in [1.165, 1.54) is 17.3 Å². The molecule has 2 aromatic carbocycles. The summed E-state index contributed by atoms with van der Waals surface area (Å²) in [5.74, 6) is -2.16. The Morgan fingerprint density at radius 2 is 1.81 bits per heavy atom. The number of carbonyl (C=O) groups is 1. The van der Waals surface area contributed by atoms with Crippen LogP contribution in [-0.2, 0) is 25.6 Å². The van der Waals surface area contributed by atoms with Crippen molar-refractivity contribution in [2.24, 2.45) is 0 Å². The summed E-state index contributed by atoms with van der Waals surface area (Å²) in [5.41, 5.74) is 2.84. The zero-order valence-electron chi connectivity index (χ0n) is 24.0. The van der Waals surface area contributed by atoms with Gasteiger partial charge in [0, 0.05) is 55.0 Å². The van der Waals surface area contributed by atoms with Crippen LogP contribution in [0.5, 0.6) is 0 Å². The summed E-state index contributed by atoms with van der Waals surface area (Å²) in [7, 11) is 0. The standard InChI is InChI=1S/C31H31F5N6O/c1-4-25-15-28(38-18-37-25)42-29(9-20(3)40-42)39-26-12-21(6-5-19(26)2)13-27(43)23-10-22(11-24(14-23)31(34,35)36)16-41-8-7-30(32,33)17-41/h5-6,9-12,14-15,18,39H,4,7-8,13,16-17H2,1-3H3. The molecule has 1 fully saturated rings. The van der Waals surface area contributed by atoms with Crippen molar-refractivity contribution in [3.8, 4) is 5.82 Å². The molecule has 0 spiro atoms. The molecule has 2 aromatic heterocycles. The molecule has 3 heterocycles. The summed E-state index contributed by atoms with van der Waals surface area (Å²) < 4.78 is 70.1. The van der Waals surface area contributed by atoms with Gasteiger partial charge in [-0.05, 0) is 61.2 Å². The van der Waals surface area contributed by atoms with Crippen LogP contribution in [-0.4, -0.2) is 49.4 Å². The van der Waals surface area contributed by atoms with Crippen LogP contribution in [0, 0.1) is 13.8 Å². The van der Waals surface area contributed by atoms with E-state index < -0.39 is 30.0 Å². The van der Waals surface area contributed by atoms with Crippen LogP contribution in [0.4, 0.5) is 33.5 Å². The number of likely N-dealkylation sites (tertiary alicyclic amines) is 1. The van der Waals surface area contributed by atoms with E-state index in [4.69, 9.17) is 0 Å². The summed E-state index contributed by atoms with van der Waals surface area (Å²) in [4.78, 5) is 23.3. The molecule has 1 aliphatic heterocycles. The quantitative estimate of drug-likeness (QED) is 0.167. The minimum absolute atomic E-state index is 0.0705. The molecule has 226 valence electrons. The van der Waals surface area contributed by atoms with E-state index in [2.05, 4.69) is 20.4 Å². The number of carbonyl (C=O) groups excluding carboxylic acids is 1. The Bertz CT molecular complexity index is 1650. The van der Waals surface area contributed by atoms with Gasteiger partial charge in [-0.25, -0.2) is 18.7 Å². The highest BCUT2D eigenvalue weighted by molar-refractivity contribution is 5.98. The fraction of sp³-hybridized carbons (Fsp3) is 0.355. The second-order valence-electron chi connectivity index (χ2n) is 10.9. The molecule has 43 heavy (non-hydrogen) atoms. The molecule has 12 heteroatoms. The molecule has 7 nitrogen and oxygen atoms in total. The summed E-state index contributed by atoms with van der Waals surface area (Å²) in [6.45, 7) is 5.18. The molecule has 0 unspecified atom stereocenters. The molecule has 1 N–H and O–H groups in total. The van der Waals surface area contributed by atoms with Gasteiger partial charge in [0.2, 0.25) is 0 Å². The zero-order valence-corrected chi connectivity index (χ0v) is 24.0. The molecule has 0 amide bonds. The Morgan fingerprint density at radius 1 is 1.02 bits per heavy atom. The smallest absolute Gasteiger partial charge is 0.340 e. The van der Waals surface area contributed by atoms with Crippen molar-refractivity contribution in [2.75, 3.05) is 18.4 Å². The topological polar surface area (TPSA) is 75.9 Å². The van der Waals surface area contributed by atoms with Crippen molar-refractivity contribution in [1.29, 1.82) is 0 Å². The van der Waals surface area contributed by atoms with Crippen LogP contribution in [0.2, 0.25) is 0 Å². The first-order valence-electron chi connectivity index (χ1n) is 13.9. The van der Waals surface area contributed by atoms with E-state index in [0.29, 0.717) is 22.9 Å². The lowest BCUT2D eigenvalue weighted by Gasteiger charge is -2.18. The van der Waals surface area contributed by atoms with E-state index in [0.717, 1.165) is 35.5 Å². The number of aromatic nitrogens is 4. The highest BCUT2D eigenvalue weighted by atomic mass is 19.4. The minimum Gasteiger partial charge on any atom is -0.340 e. The fourth-order valence-electron chi connectivity index (χ4n) is 5.11. The van der Waals surface area contributed by atoms with Crippen LogP contribution in [0.15, 0.2) is 54.9 Å². The third-order valence-electron chi connectivity index (χ3n) is 7.35. The van der Waals surface area contributed by atoms with Gasteiger partial charge in [-0.15, -0.1) is 0 Å². The number of rotatable bonds is 9. The Labute approximate surface area is 245 Å². The molecule has 4 aromatic rings. The monoisotopic (exact) mass is 598 g/mol. The van der Waals surface area contributed by atoms with Crippen molar-refractivity contribution in [3.05, 3.63) is 94.1 Å². The second kappa shape index (κ2) is 11.8. The lowest BCUT2D eigenvalue weighted by atomic mass is 9.97. The number of hydrogen-bond acceptors (Lipinski definition) is 6. The van der Waals surface area contributed by atoms with Gasteiger partial charge in [0.1, 0.15) is 12.1 Å². The number of Topliss-reactive ketones (excluding diaryl/α,β-unsaturated/α-hetero) is 1. The predicted molar refractivity (Wildman–Crippen MR) is 152 cm³/mol. The van der Waals surface area contributed by atoms with Gasteiger partial charge in [0.05, 0.1) is 17.8 Å². The van der Waals surface area contributed by atoms with Gasteiger partial charge in [-0.2, -0.15) is 23.0 Å². The van der Waals surface area contributed by atoms with E-state index >= 15 is 0 Å². The number of nitrogens with zero attached hydrogens (tertiary/aromatic N) is 5. The first-order chi connectivity index (χ1) is 20.3. The summed E-state index contributed by atoms with van der Waals surface area (Å²) in [5, 5.41) is 7.90. The zero-order chi connectivity index (χ0) is 30.9. The first kappa shape index (κ1) is 30.3. The van der Waals surface area contributed by atoms with Gasteiger partial charge in [-0.1, -0.05) is 19.1 Å². The maximum Gasteiger partial charge on any atom is 0.416 e. The molecular formula is C31H31F5N6O. The van der Waals surface area contributed by atoms with Gasteiger partial charge in [-0.3, -0.25) is 9.69 Å². The number of nitrogens with one attached hydrogen (secondary N) is 1. The molecule has 0 radical (unpaired) electrons. The Morgan fingerprint density at radius 3 is 2.51 bits per heavy atom.